The molecule has 0 fully saturated rings. The average Bonchev–Trinajstić information content (AvgIpc) is 2.43. The molecule has 0 aliphatic carbocycles. The number of hydrogen-bond acceptors (Lipinski definition) is 0. The van der Waals surface area contributed by atoms with E-state index in [1.807, 2.05) is 24.3 Å². The maximum atomic E-state index is 5.98. The van der Waals surface area contributed by atoms with E-state index < -0.39 is 0 Å². The van der Waals surface area contributed by atoms with Gasteiger partial charge in [-0.25, -0.2) is 0 Å². The van der Waals surface area contributed by atoms with Crippen molar-refractivity contribution in [2.75, 3.05) is 0 Å². The molecule has 0 nitrogen and oxygen atoms in total. The van der Waals surface area contributed by atoms with Gasteiger partial charge in [-0.3, -0.25) is 0 Å². The Morgan fingerprint density at radius 2 is 1.16 bits per heavy atom. The summed E-state index contributed by atoms with van der Waals surface area (Å²) in [5, 5.41) is 1.56. The minimum atomic E-state index is 0.388. The summed E-state index contributed by atoms with van der Waals surface area (Å²) in [5.41, 5.74) is 2.61. The van der Waals surface area contributed by atoms with Gasteiger partial charge in [0.15, 0.2) is 0 Å². The topological polar surface area (TPSA) is 0 Å². The van der Waals surface area contributed by atoms with Crippen LogP contribution in [0.3, 0.4) is 0 Å². The molecule has 0 saturated heterocycles. The quantitative estimate of drug-likeness (QED) is 0.632. The van der Waals surface area contributed by atoms with Crippen LogP contribution in [0.15, 0.2) is 48.5 Å². The third-order valence-corrected chi connectivity index (χ3v) is 4.18. The maximum Gasteiger partial charge on any atom is 0.0406 e. The summed E-state index contributed by atoms with van der Waals surface area (Å²) in [5.74, 6) is 0.960. The van der Waals surface area contributed by atoms with Crippen LogP contribution in [0.25, 0.3) is 0 Å². The van der Waals surface area contributed by atoms with Gasteiger partial charge in [0.25, 0.3) is 0 Å². The van der Waals surface area contributed by atoms with E-state index in [9.17, 15) is 0 Å². The van der Waals surface area contributed by atoms with Crippen LogP contribution in [0.4, 0.5) is 0 Å². The van der Waals surface area contributed by atoms with Gasteiger partial charge in [-0.1, -0.05) is 67.7 Å². The Morgan fingerprint density at radius 3 is 1.47 bits per heavy atom. The first kappa shape index (κ1) is 14.4. The third-order valence-electron chi connectivity index (χ3n) is 3.67. The van der Waals surface area contributed by atoms with Crippen molar-refractivity contribution in [1.29, 1.82) is 0 Å². The lowest BCUT2D eigenvalue weighted by atomic mass is 9.80. The van der Waals surface area contributed by atoms with E-state index in [-0.39, 0.29) is 0 Å². The fourth-order valence-electron chi connectivity index (χ4n) is 2.43. The molecule has 1 atom stereocenters. The van der Waals surface area contributed by atoms with Gasteiger partial charge < -0.3 is 0 Å². The van der Waals surface area contributed by atoms with E-state index in [4.69, 9.17) is 23.2 Å². The van der Waals surface area contributed by atoms with Crippen LogP contribution < -0.4 is 0 Å². The number of hydrogen-bond donors (Lipinski definition) is 0. The molecule has 2 aromatic carbocycles. The van der Waals surface area contributed by atoms with Crippen LogP contribution in [0.5, 0.6) is 0 Å². The van der Waals surface area contributed by atoms with Gasteiger partial charge in [0.1, 0.15) is 0 Å². The Morgan fingerprint density at radius 1 is 0.789 bits per heavy atom. The van der Waals surface area contributed by atoms with E-state index in [0.29, 0.717) is 11.8 Å². The highest BCUT2D eigenvalue weighted by atomic mass is 35.5. The fourth-order valence-corrected chi connectivity index (χ4v) is 2.68. The minimum Gasteiger partial charge on any atom is -0.0843 e. The minimum absolute atomic E-state index is 0.388. The lowest BCUT2D eigenvalue weighted by Crippen LogP contribution is -2.10. The molecule has 2 aromatic rings. The summed E-state index contributed by atoms with van der Waals surface area (Å²) in [6, 6.07) is 16.3. The molecule has 19 heavy (non-hydrogen) atoms. The van der Waals surface area contributed by atoms with Gasteiger partial charge in [-0.05, 0) is 41.3 Å². The van der Waals surface area contributed by atoms with E-state index >= 15 is 0 Å². The molecule has 2 rings (SSSR count). The van der Waals surface area contributed by atoms with Crippen LogP contribution in [-0.2, 0) is 0 Å². The second-order valence-electron chi connectivity index (χ2n) is 4.97. The Labute approximate surface area is 125 Å². The Hall–Kier alpha value is -0.980. The second-order valence-corrected chi connectivity index (χ2v) is 5.84. The molecule has 2 heteroatoms. The van der Waals surface area contributed by atoms with E-state index in [1.165, 1.54) is 11.1 Å². The van der Waals surface area contributed by atoms with E-state index in [1.54, 1.807) is 0 Å². The van der Waals surface area contributed by atoms with E-state index in [2.05, 4.69) is 38.1 Å². The number of halogens is 2. The summed E-state index contributed by atoms with van der Waals surface area (Å²) in [7, 11) is 0. The summed E-state index contributed by atoms with van der Waals surface area (Å²) < 4.78 is 0. The summed E-state index contributed by atoms with van der Waals surface area (Å²) >= 11 is 12.0. The lowest BCUT2D eigenvalue weighted by molar-refractivity contribution is 0.496. The molecule has 0 heterocycles. The molecule has 0 bridgehead atoms. The van der Waals surface area contributed by atoms with Gasteiger partial charge in [-0.2, -0.15) is 0 Å². The zero-order chi connectivity index (χ0) is 13.8. The highest BCUT2D eigenvalue weighted by Gasteiger charge is 2.20. The standard InChI is InChI=1S/C17H18Cl2/c1-3-12(2)17(13-4-8-15(18)9-5-13)14-6-10-16(19)11-7-14/h4-12,17H,3H2,1-2H3. The first-order chi connectivity index (χ1) is 9.11. The molecule has 0 aliphatic heterocycles. The lowest BCUT2D eigenvalue weighted by Gasteiger charge is -2.24. The van der Waals surface area contributed by atoms with Gasteiger partial charge in [0.05, 0.1) is 0 Å². The van der Waals surface area contributed by atoms with Crippen molar-refractivity contribution >= 4 is 23.2 Å². The Kier molecular flexibility index (Phi) is 4.90. The van der Waals surface area contributed by atoms with Crippen molar-refractivity contribution in [3.8, 4) is 0 Å². The maximum absolute atomic E-state index is 5.98. The van der Waals surface area contributed by atoms with Crippen molar-refractivity contribution in [3.63, 3.8) is 0 Å². The number of benzene rings is 2. The summed E-state index contributed by atoms with van der Waals surface area (Å²) in [6.07, 6.45) is 1.13. The SMILES string of the molecule is CCC(C)C(c1ccc(Cl)cc1)c1ccc(Cl)cc1. The van der Waals surface area contributed by atoms with Gasteiger partial charge in [-0.15, -0.1) is 0 Å². The molecular weight excluding hydrogens is 275 g/mol. The van der Waals surface area contributed by atoms with Crippen LogP contribution in [0, 0.1) is 5.92 Å². The molecule has 100 valence electrons. The molecule has 0 aromatic heterocycles. The monoisotopic (exact) mass is 292 g/mol. The van der Waals surface area contributed by atoms with Crippen LogP contribution in [0.1, 0.15) is 37.3 Å². The fraction of sp³-hybridized carbons (Fsp3) is 0.294. The molecule has 1 unspecified atom stereocenters. The molecule has 0 spiro atoms. The van der Waals surface area contributed by atoms with Crippen LogP contribution in [-0.4, -0.2) is 0 Å². The van der Waals surface area contributed by atoms with Crippen LogP contribution in [0.2, 0.25) is 10.0 Å². The normalized spacial score (nSPS) is 12.7. The predicted octanol–water partition coefficient (Wildman–Crippen LogP) is 6.17. The van der Waals surface area contributed by atoms with Crippen molar-refractivity contribution in [3.05, 3.63) is 69.7 Å². The number of rotatable bonds is 4. The first-order valence-electron chi connectivity index (χ1n) is 6.62. The zero-order valence-electron chi connectivity index (χ0n) is 11.2. The summed E-state index contributed by atoms with van der Waals surface area (Å²) in [6.45, 7) is 4.51. The molecular formula is C17H18Cl2. The summed E-state index contributed by atoms with van der Waals surface area (Å²) in [4.78, 5) is 0. The molecule has 0 radical (unpaired) electrons. The zero-order valence-corrected chi connectivity index (χ0v) is 12.7. The average molecular weight is 293 g/mol. The Balaban J connectivity index is 2.41. The first-order valence-corrected chi connectivity index (χ1v) is 7.38. The molecule has 0 N–H and O–H groups in total. The van der Waals surface area contributed by atoms with Gasteiger partial charge in [0, 0.05) is 16.0 Å². The highest BCUT2D eigenvalue weighted by Crippen LogP contribution is 2.34. The third kappa shape index (κ3) is 3.52. The molecule has 0 saturated carbocycles. The van der Waals surface area contributed by atoms with Crippen molar-refractivity contribution < 1.29 is 0 Å². The second kappa shape index (κ2) is 6.45. The smallest absolute Gasteiger partial charge is 0.0406 e. The Bertz CT molecular complexity index is 468. The van der Waals surface area contributed by atoms with E-state index in [0.717, 1.165) is 16.5 Å². The highest BCUT2D eigenvalue weighted by molar-refractivity contribution is 6.30. The van der Waals surface area contributed by atoms with Crippen molar-refractivity contribution in [2.45, 2.75) is 26.2 Å². The largest absolute Gasteiger partial charge is 0.0843 e. The molecule has 0 amide bonds. The van der Waals surface area contributed by atoms with Crippen molar-refractivity contribution in [1.82, 2.24) is 0 Å². The van der Waals surface area contributed by atoms with Gasteiger partial charge in [0.2, 0.25) is 0 Å². The van der Waals surface area contributed by atoms with Crippen molar-refractivity contribution in [2.24, 2.45) is 5.92 Å². The van der Waals surface area contributed by atoms with Gasteiger partial charge >= 0.3 is 0 Å². The molecule has 0 aliphatic rings. The predicted molar refractivity (Wildman–Crippen MR) is 84.2 cm³/mol. The van der Waals surface area contributed by atoms with Crippen LogP contribution >= 0.6 is 23.2 Å².